The van der Waals surface area contributed by atoms with Gasteiger partial charge in [0.25, 0.3) is 5.56 Å². The van der Waals surface area contributed by atoms with Crippen molar-refractivity contribution in [2.75, 3.05) is 0 Å². The van der Waals surface area contributed by atoms with E-state index in [0.29, 0.717) is 16.6 Å². The van der Waals surface area contributed by atoms with E-state index in [1.807, 2.05) is 32.1 Å². The van der Waals surface area contributed by atoms with Gasteiger partial charge in [0.15, 0.2) is 0 Å². The molecule has 2 aromatic heterocycles. The number of thiophene rings is 1. The largest absolute Gasteiger partial charge is 0.292 e. The molecule has 3 nitrogen and oxygen atoms in total. The van der Waals surface area contributed by atoms with E-state index in [4.69, 9.17) is 28.2 Å². The molecule has 3 heterocycles. The summed E-state index contributed by atoms with van der Waals surface area (Å²) in [6.07, 6.45) is 2.78. The van der Waals surface area contributed by atoms with Crippen LogP contribution in [-0.2, 0) is 6.54 Å². The molecule has 122 valence electrons. The van der Waals surface area contributed by atoms with Gasteiger partial charge in [0.2, 0.25) is 0 Å². The zero-order valence-electron chi connectivity index (χ0n) is 13.2. The monoisotopic (exact) mass is 376 g/mol. The van der Waals surface area contributed by atoms with Gasteiger partial charge in [-0.3, -0.25) is 9.36 Å². The van der Waals surface area contributed by atoms with E-state index in [-0.39, 0.29) is 5.56 Å². The van der Waals surface area contributed by atoms with E-state index in [9.17, 15) is 4.79 Å². The average molecular weight is 377 g/mol. The smallest absolute Gasteiger partial charge is 0.262 e. The first-order chi connectivity index (χ1) is 11.5. The first kappa shape index (κ1) is 15.9. The molecule has 0 saturated carbocycles. The zero-order valence-corrected chi connectivity index (χ0v) is 15.5. The van der Waals surface area contributed by atoms with Crippen molar-refractivity contribution in [2.45, 2.75) is 26.8 Å². The van der Waals surface area contributed by atoms with Crippen LogP contribution in [0.4, 0.5) is 0 Å². The second kappa shape index (κ2) is 5.73. The molecule has 0 aliphatic carbocycles. The summed E-state index contributed by atoms with van der Waals surface area (Å²) in [5.41, 5.74) is 3.02. The minimum absolute atomic E-state index is 0.0578. The lowest BCUT2D eigenvalue weighted by molar-refractivity contribution is 0.726. The number of fused-ring (bicyclic) bond motifs is 2. The molecular formula is C18H14Cl2N2OS. The van der Waals surface area contributed by atoms with Gasteiger partial charge in [-0.15, -0.1) is 11.3 Å². The Hall–Kier alpha value is -1.62. The van der Waals surface area contributed by atoms with Crippen molar-refractivity contribution in [3.63, 3.8) is 0 Å². The minimum atomic E-state index is 0.0578. The summed E-state index contributed by atoms with van der Waals surface area (Å²) in [5, 5.41) is 1.96. The number of halogens is 2. The van der Waals surface area contributed by atoms with Crippen molar-refractivity contribution in [1.29, 1.82) is 0 Å². The molecule has 0 saturated heterocycles. The van der Waals surface area contributed by atoms with E-state index in [1.54, 1.807) is 22.0 Å². The molecule has 1 aliphatic rings. The number of aromatic nitrogens is 2. The Labute approximate surface area is 153 Å². The van der Waals surface area contributed by atoms with Crippen LogP contribution in [0.2, 0.25) is 10.0 Å². The number of hydrogen-bond donors (Lipinski definition) is 0. The van der Waals surface area contributed by atoms with Crippen LogP contribution in [0.3, 0.4) is 0 Å². The summed E-state index contributed by atoms with van der Waals surface area (Å²) in [4.78, 5) is 19.5. The molecular weight excluding hydrogens is 363 g/mol. The maximum Gasteiger partial charge on any atom is 0.262 e. The van der Waals surface area contributed by atoms with Crippen LogP contribution in [0, 0.1) is 13.8 Å². The molecule has 0 spiro atoms. The summed E-state index contributed by atoms with van der Waals surface area (Å²) in [6.45, 7) is 4.67. The quantitative estimate of drug-likeness (QED) is 0.575. The van der Waals surface area contributed by atoms with Crippen LogP contribution in [0.5, 0.6) is 0 Å². The van der Waals surface area contributed by atoms with Crippen LogP contribution in [0.15, 0.2) is 23.0 Å². The number of hydrogen-bond acceptors (Lipinski definition) is 3. The molecule has 0 unspecified atom stereocenters. The molecule has 1 aromatic carbocycles. The second-order valence-corrected chi connectivity index (χ2v) is 7.99. The highest BCUT2D eigenvalue weighted by molar-refractivity contribution is 7.18. The summed E-state index contributed by atoms with van der Waals surface area (Å²) in [5.74, 6) is 0.750. The highest BCUT2D eigenvalue weighted by Gasteiger charge is 2.23. The van der Waals surface area contributed by atoms with Crippen LogP contribution in [0.1, 0.15) is 28.2 Å². The number of benzene rings is 1. The molecule has 6 heteroatoms. The van der Waals surface area contributed by atoms with Gasteiger partial charge in [0.1, 0.15) is 10.7 Å². The topological polar surface area (TPSA) is 34.9 Å². The Kier molecular flexibility index (Phi) is 3.79. The van der Waals surface area contributed by atoms with Gasteiger partial charge >= 0.3 is 0 Å². The highest BCUT2D eigenvalue weighted by atomic mass is 35.5. The third kappa shape index (κ3) is 2.41. The molecule has 0 bridgehead atoms. The van der Waals surface area contributed by atoms with E-state index >= 15 is 0 Å². The fourth-order valence-electron chi connectivity index (χ4n) is 3.07. The summed E-state index contributed by atoms with van der Waals surface area (Å²) in [7, 11) is 0. The molecule has 24 heavy (non-hydrogen) atoms. The van der Waals surface area contributed by atoms with Gasteiger partial charge in [-0.1, -0.05) is 29.3 Å². The lowest BCUT2D eigenvalue weighted by atomic mass is 10.1. The van der Waals surface area contributed by atoms with Gasteiger partial charge in [-0.05, 0) is 55.2 Å². The van der Waals surface area contributed by atoms with E-state index in [0.717, 1.165) is 44.0 Å². The van der Waals surface area contributed by atoms with Gasteiger partial charge in [0.05, 0.1) is 5.39 Å². The molecule has 0 N–H and O–H groups in total. The standard InChI is InChI=1S/C18H14Cl2N2OS/c1-9-10(2)24-17-15(9)18(23)22-6-5-12(16(22)21-17)7-11-3-4-13(19)8-14(11)20/h3-4,7-8H,5-6H2,1-2H3. The lowest BCUT2D eigenvalue weighted by Crippen LogP contribution is -2.20. The SMILES string of the molecule is Cc1sc2nc3n(c(=O)c2c1C)CCC3=Cc1ccc(Cl)cc1Cl. The Bertz CT molecular complexity index is 1080. The zero-order chi connectivity index (χ0) is 17.0. The average Bonchev–Trinajstić information content (AvgIpc) is 3.05. The Morgan fingerprint density at radius 1 is 1.29 bits per heavy atom. The number of aryl methyl sites for hydroxylation is 2. The summed E-state index contributed by atoms with van der Waals surface area (Å²) < 4.78 is 1.77. The van der Waals surface area contributed by atoms with E-state index in [1.165, 1.54) is 0 Å². The predicted octanol–water partition coefficient (Wildman–Crippen LogP) is 5.33. The highest BCUT2D eigenvalue weighted by Crippen LogP contribution is 2.33. The number of nitrogens with zero attached hydrogens (tertiary/aromatic N) is 2. The first-order valence-electron chi connectivity index (χ1n) is 7.62. The molecule has 0 fully saturated rings. The molecule has 0 radical (unpaired) electrons. The fourth-order valence-corrected chi connectivity index (χ4v) is 4.55. The van der Waals surface area contributed by atoms with E-state index in [2.05, 4.69) is 0 Å². The Morgan fingerprint density at radius 2 is 2.08 bits per heavy atom. The van der Waals surface area contributed by atoms with Crippen molar-refractivity contribution < 1.29 is 0 Å². The minimum Gasteiger partial charge on any atom is -0.292 e. The van der Waals surface area contributed by atoms with Crippen molar-refractivity contribution in [1.82, 2.24) is 9.55 Å². The van der Waals surface area contributed by atoms with Crippen molar-refractivity contribution in [2.24, 2.45) is 0 Å². The molecule has 3 aromatic rings. The molecule has 1 aliphatic heterocycles. The van der Waals surface area contributed by atoms with Crippen LogP contribution < -0.4 is 5.56 Å². The molecule has 0 amide bonds. The normalized spacial score (nSPS) is 15.4. The maximum absolute atomic E-state index is 12.8. The maximum atomic E-state index is 12.8. The Morgan fingerprint density at radius 3 is 2.83 bits per heavy atom. The molecule has 0 atom stereocenters. The van der Waals surface area contributed by atoms with Gasteiger partial charge in [-0.25, -0.2) is 4.98 Å². The number of allylic oxidation sites excluding steroid dienone is 1. The van der Waals surface area contributed by atoms with Crippen molar-refractivity contribution in [3.05, 3.63) is 60.4 Å². The summed E-state index contributed by atoms with van der Waals surface area (Å²) in [6, 6.07) is 5.42. The third-order valence-corrected chi connectivity index (χ3v) is 6.14. The lowest BCUT2D eigenvalue weighted by Gasteiger charge is -2.04. The van der Waals surface area contributed by atoms with Crippen LogP contribution >= 0.6 is 34.5 Å². The second-order valence-electron chi connectivity index (χ2n) is 5.94. The van der Waals surface area contributed by atoms with Crippen molar-refractivity contribution in [3.8, 4) is 0 Å². The Balaban J connectivity index is 1.91. The van der Waals surface area contributed by atoms with Crippen LogP contribution in [0.25, 0.3) is 21.9 Å². The van der Waals surface area contributed by atoms with E-state index < -0.39 is 0 Å². The van der Waals surface area contributed by atoms with Gasteiger partial charge in [-0.2, -0.15) is 0 Å². The van der Waals surface area contributed by atoms with Crippen molar-refractivity contribution >= 4 is 56.4 Å². The van der Waals surface area contributed by atoms with Gasteiger partial charge < -0.3 is 0 Å². The number of rotatable bonds is 1. The third-order valence-electron chi connectivity index (χ3n) is 4.47. The van der Waals surface area contributed by atoms with Gasteiger partial charge in [0, 0.05) is 21.5 Å². The summed E-state index contributed by atoms with van der Waals surface area (Å²) >= 11 is 13.8. The first-order valence-corrected chi connectivity index (χ1v) is 9.19. The predicted molar refractivity (Wildman–Crippen MR) is 102 cm³/mol. The molecule has 4 rings (SSSR count). The fraction of sp³-hybridized carbons (Fsp3) is 0.222. The van der Waals surface area contributed by atoms with Crippen LogP contribution in [-0.4, -0.2) is 9.55 Å².